The first-order valence-electron chi connectivity index (χ1n) is 7.63. The molecular weight excluding hydrogens is 264 g/mol. The molecule has 5 heteroatoms. The van der Waals surface area contributed by atoms with E-state index in [1.165, 1.54) is 0 Å². The number of nitrogens with two attached hydrogens (primary N) is 1. The summed E-state index contributed by atoms with van der Waals surface area (Å²) in [7, 11) is 0. The molecule has 1 fully saturated rings. The fraction of sp³-hybridized carbons (Fsp3) is 0.500. The molecule has 21 heavy (non-hydrogen) atoms. The van der Waals surface area contributed by atoms with Crippen LogP contribution in [-0.4, -0.2) is 27.5 Å². The van der Waals surface area contributed by atoms with Gasteiger partial charge in [0.15, 0.2) is 0 Å². The van der Waals surface area contributed by atoms with Gasteiger partial charge in [-0.25, -0.2) is 4.98 Å². The topological polar surface area (TPSA) is 72.9 Å². The Labute approximate surface area is 124 Å². The van der Waals surface area contributed by atoms with Crippen molar-refractivity contribution in [3.8, 4) is 0 Å². The van der Waals surface area contributed by atoms with E-state index in [-0.39, 0.29) is 11.4 Å². The van der Waals surface area contributed by atoms with Crippen molar-refractivity contribution in [1.29, 1.82) is 0 Å². The molecule has 2 aromatic rings. The average Bonchev–Trinajstić information content (AvgIpc) is 3.12. The molecule has 1 aliphatic rings. The Morgan fingerprint density at radius 1 is 1.33 bits per heavy atom. The van der Waals surface area contributed by atoms with Gasteiger partial charge in [-0.15, -0.1) is 0 Å². The van der Waals surface area contributed by atoms with E-state index in [0.717, 1.165) is 36.7 Å². The third-order valence-electron chi connectivity index (χ3n) is 4.46. The van der Waals surface area contributed by atoms with Crippen molar-refractivity contribution in [2.24, 2.45) is 5.73 Å². The van der Waals surface area contributed by atoms with E-state index in [1.807, 2.05) is 28.8 Å². The maximum atomic E-state index is 12.2. The summed E-state index contributed by atoms with van der Waals surface area (Å²) in [5.41, 5.74) is 7.73. The normalized spacial score (nSPS) is 17.2. The lowest BCUT2D eigenvalue weighted by Gasteiger charge is -2.28. The van der Waals surface area contributed by atoms with Crippen LogP contribution in [0.4, 0.5) is 0 Å². The predicted molar refractivity (Wildman–Crippen MR) is 82.7 cm³/mol. The molecule has 0 unspecified atom stereocenters. The van der Waals surface area contributed by atoms with E-state index in [0.29, 0.717) is 19.5 Å². The van der Waals surface area contributed by atoms with Crippen molar-refractivity contribution in [1.82, 2.24) is 14.9 Å². The number of aryl methyl sites for hydroxylation is 1. The van der Waals surface area contributed by atoms with Gasteiger partial charge in [-0.3, -0.25) is 4.79 Å². The fourth-order valence-corrected chi connectivity index (χ4v) is 3.20. The van der Waals surface area contributed by atoms with E-state index in [9.17, 15) is 4.79 Å². The summed E-state index contributed by atoms with van der Waals surface area (Å²) in [6.07, 6.45) is 6.58. The van der Waals surface area contributed by atoms with Gasteiger partial charge in [0.1, 0.15) is 0 Å². The van der Waals surface area contributed by atoms with Gasteiger partial charge in [0, 0.05) is 19.5 Å². The lowest BCUT2D eigenvalue weighted by molar-refractivity contribution is -0.123. The first kappa shape index (κ1) is 14.1. The number of nitrogens with zero attached hydrogens (tertiary/aromatic N) is 2. The number of fused-ring (bicyclic) bond motifs is 1. The number of amides is 1. The second-order valence-electron chi connectivity index (χ2n) is 5.92. The first-order valence-corrected chi connectivity index (χ1v) is 7.63. The van der Waals surface area contributed by atoms with E-state index in [1.54, 1.807) is 6.33 Å². The monoisotopic (exact) mass is 286 g/mol. The van der Waals surface area contributed by atoms with Gasteiger partial charge in [-0.2, -0.15) is 0 Å². The molecular formula is C16H22N4O. The molecule has 112 valence electrons. The molecule has 0 radical (unpaired) electrons. The Morgan fingerprint density at radius 3 is 2.86 bits per heavy atom. The number of aromatic nitrogens is 2. The fourth-order valence-electron chi connectivity index (χ4n) is 3.20. The highest BCUT2D eigenvalue weighted by Gasteiger charge is 2.33. The van der Waals surface area contributed by atoms with Crippen molar-refractivity contribution in [2.45, 2.75) is 44.2 Å². The molecule has 0 saturated heterocycles. The van der Waals surface area contributed by atoms with Gasteiger partial charge < -0.3 is 15.6 Å². The van der Waals surface area contributed by atoms with Crippen LogP contribution >= 0.6 is 0 Å². The van der Waals surface area contributed by atoms with Crippen LogP contribution in [0.1, 0.15) is 32.1 Å². The number of hydrogen-bond donors (Lipinski definition) is 2. The highest BCUT2D eigenvalue weighted by Crippen LogP contribution is 2.28. The molecule has 0 atom stereocenters. The minimum atomic E-state index is -0.159. The number of benzene rings is 1. The van der Waals surface area contributed by atoms with Gasteiger partial charge in [-0.05, 0) is 25.0 Å². The third kappa shape index (κ3) is 2.93. The van der Waals surface area contributed by atoms with Crippen molar-refractivity contribution in [3.63, 3.8) is 0 Å². The van der Waals surface area contributed by atoms with Crippen LogP contribution in [0.3, 0.4) is 0 Å². The number of nitrogens with one attached hydrogen (secondary N) is 1. The van der Waals surface area contributed by atoms with Gasteiger partial charge in [0.2, 0.25) is 5.91 Å². The number of imidazole rings is 1. The Hall–Kier alpha value is -1.88. The van der Waals surface area contributed by atoms with Gasteiger partial charge in [0.25, 0.3) is 0 Å². The van der Waals surface area contributed by atoms with E-state index in [2.05, 4.69) is 10.3 Å². The predicted octanol–water partition coefficient (Wildman–Crippen LogP) is 1.81. The molecule has 1 aromatic heterocycles. The molecule has 5 nitrogen and oxygen atoms in total. The molecule has 1 saturated carbocycles. The van der Waals surface area contributed by atoms with Crippen molar-refractivity contribution in [2.75, 3.05) is 6.54 Å². The number of rotatable bonds is 5. The largest absolute Gasteiger partial charge is 0.349 e. The maximum absolute atomic E-state index is 12.2. The maximum Gasteiger partial charge on any atom is 0.222 e. The number of hydrogen-bond acceptors (Lipinski definition) is 3. The molecule has 3 N–H and O–H groups in total. The van der Waals surface area contributed by atoms with Crippen molar-refractivity contribution < 1.29 is 4.79 Å². The summed E-state index contributed by atoms with van der Waals surface area (Å²) in [6.45, 7) is 1.18. The number of carbonyl (C=O) groups excluding carboxylic acids is 1. The van der Waals surface area contributed by atoms with E-state index in [4.69, 9.17) is 5.73 Å². The summed E-state index contributed by atoms with van der Waals surface area (Å²) in [5.74, 6) is 0.0835. The van der Waals surface area contributed by atoms with Gasteiger partial charge in [-0.1, -0.05) is 25.0 Å². The highest BCUT2D eigenvalue weighted by atomic mass is 16.1. The number of para-hydroxylation sites is 2. The SMILES string of the molecule is NCC1(NC(=O)CCn2cnc3ccccc32)CCCC1. The van der Waals surface area contributed by atoms with Crippen LogP contribution in [0.5, 0.6) is 0 Å². The molecule has 0 aliphatic heterocycles. The lowest BCUT2D eigenvalue weighted by Crippen LogP contribution is -2.51. The third-order valence-corrected chi connectivity index (χ3v) is 4.46. The Morgan fingerprint density at radius 2 is 2.10 bits per heavy atom. The van der Waals surface area contributed by atoms with Crippen LogP contribution in [-0.2, 0) is 11.3 Å². The molecule has 3 rings (SSSR count). The second kappa shape index (κ2) is 5.85. The Kier molecular flexibility index (Phi) is 3.92. The van der Waals surface area contributed by atoms with Crippen LogP contribution in [0.2, 0.25) is 0 Å². The molecule has 0 spiro atoms. The van der Waals surface area contributed by atoms with Crippen LogP contribution in [0, 0.1) is 0 Å². The standard InChI is InChI=1S/C16H22N4O/c17-11-16(8-3-4-9-16)19-15(21)7-10-20-12-18-13-5-1-2-6-14(13)20/h1-2,5-6,12H,3-4,7-11,17H2,(H,19,21). The summed E-state index contributed by atoms with van der Waals surface area (Å²) in [6, 6.07) is 7.96. The van der Waals surface area contributed by atoms with Crippen LogP contribution in [0.15, 0.2) is 30.6 Å². The smallest absolute Gasteiger partial charge is 0.222 e. The molecule has 1 aliphatic carbocycles. The van der Waals surface area contributed by atoms with Crippen molar-refractivity contribution >= 4 is 16.9 Å². The zero-order valence-corrected chi connectivity index (χ0v) is 12.2. The van der Waals surface area contributed by atoms with Crippen molar-refractivity contribution in [3.05, 3.63) is 30.6 Å². The second-order valence-corrected chi connectivity index (χ2v) is 5.92. The first-order chi connectivity index (χ1) is 10.2. The quantitative estimate of drug-likeness (QED) is 0.880. The minimum Gasteiger partial charge on any atom is -0.349 e. The molecule has 1 amide bonds. The number of carbonyl (C=O) groups is 1. The Balaban J connectivity index is 1.61. The minimum absolute atomic E-state index is 0.0835. The summed E-state index contributed by atoms with van der Waals surface area (Å²) >= 11 is 0. The van der Waals surface area contributed by atoms with Gasteiger partial charge in [0.05, 0.1) is 22.9 Å². The highest BCUT2D eigenvalue weighted by molar-refractivity contribution is 5.78. The molecule has 1 heterocycles. The van der Waals surface area contributed by atoms with E-state index < -0.39 is 0 Å². The zero-order valence-electron chi connectivity index (χ0n) is 12.2. The zero-order chi connectivity index (χ0) is 14.7. The van der Waals surface area contributed by atoms with Crippen LogP contribution < -0.4 is 11.1 Å². The van der Waals surface area contributed by atoms with E-state index >= 15 is 0 Å². The summed E-state index contributed by atoms with van der Waals surface area (Å²) < 4.78 is 2.03. The Bertz CT molecular complexity index is 628. The average molecular weight is 286 g/mol. The van der Waals surface area contributed by atoms with Crippen LogP contribution in [0.25, 0.3) is 11.0 Å². The summed E-state index contributed by atoms with van der Waals surface area (Å²) in [4.78, 5) is 16.5. The summed E-state index contributed by atoms with van der Waals surface area (Å²) in [5, 5.41) is 3.15. The molecule has 0 bridgehead atoms. The van der Waals surface area contributed by atoms with Gasteiger partial charge >= 0.3 is 0 Å². The molecule has 1 aromatic carbocycles. The lowest BCUT2D eigenvalue weighted by atomic mass is 9.97.